The molecule has 6 heteroatoms. The normalized spacial score (nSPS) is 15.3. The van der Waals surface area contributed by atoms with E-state index in [1.807, 2.05) is 13.0 Å². The second-order valence-electron chi connectivity index (χ2n) is 5.75. The minimum absolute atomic E-state index is 0.247. The van der Waals surface area contributed by atoms with E-state index in [1.54, 1.807) is 30.5 Å². The third-order valence-electron chi connectivity index (χ3n) is 3.92. The van der Waals surface area contributed by atoms with Gasteiger partial charge in [-0.05, 0) is 51.3 Å². The molecule has 1 N–H and O–H groups in total. The lowest BCUT2D eigenvalue weighted by molar-refractivity contribution is 0.0953. The van der Waals surface area contributed by atoms with E-state index < -0.39 is 0 Å². The summed E-state index contributed by atoms with van der Waals surface area (Å²) in [7, 11) is 0. The Morgan fingerprint density at radius 2 is 2.09 bits per heavy atom. The number of piperidine rings is 1. The molecule has 0 radical (unpaired) electrons. The molecule has 23 heavy (non-hydrogen) atoms. The molecule has 1 fully saturated rings. The largest absolute Gasteiger partial charge is 0.466 e. The number of carbonyl (C=O) groups excluding carboxylic acids is 1. The van der Waals surface area contributed by atoms with Gasteiger partial charge >= 0.3 is 0 Å². The fourth-order valence-electron chi connectivity index (χ4n) is 2.77. The fourth-order valence-corrected chi connectivity index (χ4v) is 3.70. The number of hydrazone groups is 1. The molecule has 1 aliphatic heterocycles. The van der Waals surface area contributed by atoms with Crippen molar-refractivity contribution in [2.24, 2.45) is 5.10 Å². The van der Waals surface area contributed by atoms with Crippen LogP contribution in [0.5, 0.6) is 0 Å². The molecule has 1 saturated heterocycles. The van der Waals surface area contributed by atoms with Crippen LogP contribution in [-0.4, -0.2) is 25.2 Å². The van der Waals surface area contributed by atoms with E-state index in [4.69, 9.17) is 4.42 Å². The second-order valence-corrected chi connectivity index (χ2v) is 6.84. The van der Waals surface area contributed by atoms with Gasteiger partial charge in [-0.3, -0.25) is 4.79 Å². The van der Waals surface area contributed by atoms with Crippen molar-refractivity contribution in [1.82, 2.24) is 5.43 Å². The number of hydrogen-bond donors (Lipinski definition) is 1. The monoisotopic (exact) mass is 331 g/mol. The average Bonchev–Trinajstić information content (AvgIpc) is 3.14. The van der Waals surface area contributed by atoms with Crippen LogP contribution >= 0.6 is 11.3 Å². The highest BCUT2D eigenvalue weighted by Gasteiger charge is 2.13. The zero-order valence-corrected chi connectivity index (χ0v) is 14.3. The second kappa shape index (κ2) is 7.00. The van der Waals surface area contributed by atoms with Crippen molar-refractivity contribution in [3.63, 3.8) is 0 Å². The Morgan fingerprint density at radius 3 is 2.78 bits per heavy atom. The first-order chi connectivity index (χ1) is 11.1. The Morgan fingerprint density at radius 1 is 1.30 bits per heavy atom. The predicted octanol–water partition coefficient (Wildman–Crippen LogP) is 3.71. The van der Waals surface area contributed by atoms with Gasteiger partial charge in [0.25, 0.3) is 5.91 Å². The maximum Gasteiger partial charge on any atom is 0.274 e. The summed E-state index contributed by atoms with van der Waals surface area (Å²) in [6.07, 6.45) is 5.55. The Bertz CT molecular complexity index is 711. The molecule has 1 aliphatic rings. The van der Waals surface area contributed by atoms with Crippen LogP contribution in [0, 0.1) is 13.8 Å². The van der Waals surface area contributed by atoms with Crippen molar-refractivity contribution in [2.45, 2.75) is 33.1 Å². The lowest BCUT2D eigenvalue weighted by atomic mass is 10.1. The number of anilines is 1. The molecule has 0 bridgehead atoms. The molecule has 0 aliphatic carbocycles. The number of furan rings is 1. The molecular formula is C17H21N3O2S. The minimum atomic E-state index is -0.247. The summed E-state index contributed by atoms with van der Waals surface area (Å²) in [5.74, 6) is 1.09. The Balaban J connectivity index is 1.59. The zero-order valence-electron chi connectivity index (χ0n) is 13.5. The van der Waals surface area contributed by atoms with Crippen molar-refractivity contribution in [3.8, 4) is 0 Å². The number of hydrogen-bond acceptors (Lipinski definition) is 5. The molecule has 122 valence electrons. The topological polar surface area (TPSA) is 57.8 Å². The highest BCUT2D eigenvalue weighted by Crippen LogP contribution is 2.27. The van der Waals surface area contributed by atoms with Gasteiger partial charge in [0.05, 0.1) is 16.8 Å². The van der Waals surface area contributed by atoms with Crippen molar-refractivity contribution >= 4 is 28.5 Å². The van der Waals surface area contributed by atoms with Crippen LogP contribution < -0.4 is 10.3 Å². The van der Waals surface area contributed by atoms with Crippen LogP contribution in [0.4, 0.5) is 5.00 Å². The number of thiophene rings is 1. The van der Waals surface area contributed by atoms with Crippen molar-refractivity contribution in [1.29, 1.82) is 0 Å². The summed E-state index contributed by atoms with van der Waals surface area (Å²) >= 11 is 1.70. The zero-order chi connectivity index (χ0) is 16.2. The molecule has 0 unspecified atom stereocenters. The summed E-state index contributed by atoms with van der Waals surface area (Å²) in [6, 6.07) is 5.89. The minimum Gasteiger partial charge on any atom is -0.466 e. The quantitative estimate of drug-likeness (QED) is 0.686. The molecule has 0 aromatic carbocycles. The van der Waals surface area contributed by atoms with Gasteiger partial charge in [-0.25, -0.2) is 5.43 Å². The molecule has 5 nitrogen and oxygen atoms in total. The number of aryl methyl sites for hydroxylation is 2. The lowest BCUT2D eigenvalue weighted by Gasteiger charge is -2.27. The standard InChI is InChI=1S/C17H21N3O2S/c1-12-10-15(13(2)22-12)17(21)19-18-11-14-6-7-16(23-14)20-8-4-3-5-9-20/h6-7,10-11H,3-5,8-9H2,1-2H3,(H,19,21)/b18-11-. The maximum absolute atomic E-state index is 12.0. The molecule has 0 saturated carbocycles. The van der Waals surface area contributed by atoms with Crippen molar-refractivity contribution in [3.05, 3.63) is 40.2 Å². The third kappa shape index (κ3) is 3.82. The summed E-state index contributed by atoms with van der Waals surface area (Å²) in [5, 5.41) is 5.33. The molecule has 2 aromatic heterocycles. The van der Waals surface area contributed by atoms with E-state index in [1.165, 1.54) is 24.3 Å². The van der Waals surface area contributed by atoms with E-state index >= 15 is 0 Å². The molecule has 0 spiro atoms. The van der Waals surface area contributed by atoms with Crippen LogP contribution in [-0.2, 0) is 0 Å². The molecule has 3 heterocycles. The van der Waals surface area contributed by atoms with Crippen molar-refractivity contribution in [2.75, 3.05) is 18.0 Å². The van der Waals surface area contributed by atoms with Crippen LogP contribution in [0.1, 0.15) is 46.0 Å². The smallest absolute Gasteiger partial charge is 0.274 e. The van der Waals surface area contributed by atoms with Gasteiger partial charge in [-0.2, -0.15) is 5.10 Å². The third-order valence-corrected chi connectivity index (χ3v) is 5.00. The predicted molar refractivity (Wildman–Crippen MR) is 93.6 cm³/mol. The number of amides is 1. The van der Waals surface area contributed by atoms with E-state index in [-0.39, 0.29) is 5.91 Å². The van der Waals surface area contributed by atoms with Gasteiger partial charge in [0.2, 0.25) is 0 Å². The molecule has 0 atom stereocenters. The Hall–Kier alpha value is -2.08. The highest BCUT2D eigenvalue weighted by molar-refractivity contribution is 7.17. The average molecular weight is 331 g/mol. The van der Waals surface area contributed by atoms with Crippen molar-refractivity contribution < 1.29 is 9.21 Å². The maximum atomic E-state index is 12.0. The number of nitrogens with zero attached hydrogens (tertiary/aromatic N) is 2. The van der Waals surface area contributed by atoms with E-state index in [9.17, 15) is 4.79 Å². The van der Waals surface area contributed by atoms with Gasteiger partial charge in [0, 0.05) is 18.0 Å². The number of nitrogens with one attached hydrogen (secondary N) is 1. The van der Waals surface area contributed by atoms with E-state index in [0.717, 1.165) is 23.7 Å². The van der Waals surface area contributed by atoms with Crippen LogP contribution in [0.2, 0.25) is 0 Å². The van der Waals surface area contributed by atoms with Gasteiger partial charge in [0.1, 0.15) is 11.5 Å². The first-order valence-corrected chi connectivity index (χ1v) is 8.70. The molecule has 2 aromatic rings. The summed E-state index contributed by atoms with van der Waals surface area (Å²) < 4.78 is 5.35. The van der Waals surface area contributed by atoms with E-state index in [2.05, 4.69) is 21.5 Å². The van der Waals surface area contributed by atoms with Crippen LogP contribution in [0.3, 0.4) is 0 Å². The van der Waals surface area contributed by atoms with Gasteiger partial charge in [-0.15, -0.1) is 11.3 Å². The van der Waals surface area contributed by atoms with Gasteiger partial charge in [0.15, 0.2) is 0 Å². The summed E-state index contributed by atoms with van der Waals surface area (Å²) in [5.41, 5.74) is 3.08. The Kier molecular flexibility index (Phi) is 4.81. The number of carbonyl (C=O) groups is 1. The first kappa shape index (κ1) is 15.8. The molecule has 1 amide bonds. The van der Waals surface area contributed by atoms with Gasteiger partial charge in [-0.1, -0.05) is 0 Å². The lowest BCUT2D eigenvalue weighted by Crippen LogP contribution is -2.28. The first-order valence-electron chi connectivity index (χ1n) is 7.89. The number of rotatable bonds is 4. The van der Waals surface area contributed by atoms with Gasteiger partial charge < -0.3 is 9.32 Å². The SMILES string of the molecule is Cc1cc(C(=O)N/N=C\c2ccc(N3CCCCC3)s2)c(C)o1. The Labute approximate surface area is 140 Å². The van der Waals surface area contributed by atoms with E-state index in [0.29, 0.717) is 11.3 Å². The molecular weight excluding hydrogens is 310 g/mol. The fraction of sp³-hybridized carbons (Fsp3) is 0.412. The summed E-state index contributed by atoms with van der Waals surface area (Å²) in [6.45, 7) is 5.86. The van der Waals surface area contributed by atoms with Crippen LogP contribution in [0.25, 0.3) is 0 Å². The summed E-state index contributed by atoms with van der Waals surface area (Å²) in [4.78, 5) is 15.5. The van der Waals surface area contributed by atoms with Crippen LogP contribution in [0.15, 0.2) is 27.7 Å². The highest BCUT2D eigenvalue weighted by atomic mass is 32.1. The molecule has 3 rings (SSSR count).